The molecule has 1 aliphatic rings. The minimum atomic E-state index is -0.240. The fraction of sp³-hybridized carbons (Fsp3) is 0.435. The molecule has 1 saturated heterocycles. The summed E-state index contributed by atoms with van der Waals surface area (Å²) in [5, 5.41) is 12.6. The first-order valence-corrected chi connectivity index (χ1v) is 10.7. The standard InChI is InChI=1S/C23H29FN6O/c1-17(2)22(23-25-26-27-30(23)16-18-4-6-19(24)7-5-18)29-14-12-28(13-15-29)20-8-10-21(31-3)11-9-20/h4-11,17,22H,12-16H2,1-3H3/t22-/m0/s1. The molecule has 3 aromatic rings. The Morgan fingerprint density at radius 1 is 0.968 bits per heavy atom. The van der Waals surface area contributed by atoms with Crippen LogP contribution >= 0.6 is 0 Å². The fourth-order valence-electron chi connectivity index (χ4n) is 4.23. The predicted molar refractivity (Wildman–Crippen MR) is 118 cm³/mol. The Labute approximate surface area is 182 Å². The average molecular weight is 425 g/mol. The van der Waals surface area contributed by atoms with Crippen molar-refractivity contribution < 1.29 is 9.13 Å². The average Bonchev–Trinajstić information content (AvgIpc) is 3.23. The van der Waals surface area contributed by atoms with E-state index in [9.17, 15) is 4.39 Å². The number of ether oxygens (including phenoxy) is 1. The number of tetrazole rings is 1. The second-order valence-electron chi connectivity index (χ2n) is 8.23. The minimum Gasteiger partial charge on any atom is -0.497 e. The molecule has 2 heterocycles. The van der Waals surface area contributed by atoms with Gasteiger partial charge < -0.3 is 9.64 Å². The highest BCUT2D eigenvalue weighted by Crippen LogP contribution is 2.29. The molecule has 0 radical (unpaired) electrons. The number of piperazine rings is 1. The molecule has 1 aromatic heterocycles. The molecular weight excluding hydrogens is 395 g/mol. The maximum atomic E-state index is 13.2. The number of aromatic nitrogens is 4. The SMILES string of the molecule is COc1ccc(N2CCN([C@H](c3nnnn3Cc3ccc(F)cc3)C(C)C)CC2)cc1. The Hall–Kier alpha value is -3.00. The Balaban J connectivity index is 1.46. The molecule has 164 valence electrons. The topological polar surface area (TPSA) is 59.3 Å². The number of benzene rings is 2. The lowest BCUT2D eigenvalue weighted by Gasteiger charge is -2.41. The van der Waals surface area contributed by atoms with Crippen molar-refractivity contribution in [3.8, 4) is 5.75 Å². The largest absolute Gasteiger partial charge is 0.497 e. The van der Waals surface area contributed by atoms with Gasteiger partial charge in [-0.05, 0) is 58.3 Å². The van der Waals surface area contributed by atoms with Crippen LogP contribution < -0.4 is 9.64 Å². The quantitative estimate of drug-likeness (QED) is 0.580. The van der Waals surface area contributed by atoms with Crippen molar-refractivity contribution in [2.75, 3.05) is 38.2 Å². The molecule has 0 bridgehead atoms. The molecule has 31 heavy (non-hydrogen) atoms. The Kier molecular flexibility index (Phi) is 6.46. The Bertz CT molecular complexity index is 964. The Morgan fingerprint density at radius 3 is 2.26 bits per heavy atom. The minimum absolute atomic E-state index is 0.119. The molecule has 0 spiro atoms. The lowest BCUT2D eigenvalue weighted by atomic mass is 10.0. The van der Waals surface area contributed by atoms with Gasteiger partial charge in [-0.2, -0.15) is 0 Å². The fourth-order valence-corrected chi connectivity index (χ4v) is 4.23. The highest BCUT2D eigenvalue weighted by molar-refractivity contribution is 5.49. The molecule has 7 nitrogen and oxygen atoms in total. The third kappa shape index (κ3) is 4.85. The van der Waals surface area contributed by atoms with Gasteiger partial charge in [-0.25, -0.2) is 9.07 Å². The highest BCUT2D eigenvalue weighted by atomic mass is 19.1. The molecule has 1 atom stereocenters. The van der Waals surface area contributed by atoms with E-state index in [4.69, 9.17) is 4.74 Å². The van der Waals surface area contributed by atoms with Crippen molar-refractivity contribution in [2.24, 2.45) is 5.92 Å². The van der Waals surface area contributed by atoms with E-state index in [0.29, 0.717) is 12.5 Å². The van der Waals surface area contributed by atoms with Crippen LogP contribution in [0.5, 0.6) is 5.75 Å². The first-order chi connectivity index (χ1) is 15.0. The number of anilines is 1. The molecule has 4 rings (SSSR count). The van der Waals surface area contributed by atoms with Gasteiger partial charge in [0.1, 0.15) is 11.6 Å². The van der Waals surface area contributed by atoms with Crippen LogP contribution in [0.15, 0.2) is 48.5 Å². The summed E-state index contributed by atoms with van der Waals surface area (Å²) in [6.07, 6.45) is 0. The van der Waals surface area contributed by atoms with Crippen LogP contribution in [0.4, 0.5) is 10.1 Å². The van der Waals surface area contributed by atoms with Gasteiger partial charge in [0.25, 0.3) is 0 Å². The maximum absolute atomic E-state index is 13.2. The van der Waals surface area contributed by atoms with Crippen molar-refractivity contribution in [1.29, 1.82) is 0 Å². The zero-order chi connectivity index (χ0) is 21.8. The monoisotopic (exact) mass is 424 g/mol. The summed E-state index contributed by atoms with van der Waals surface area (Å²) in [6, 6.07) is 14.8. The molecule has 0 unspecified atom stereocenters. The molecule has 0 saturated carbocycles. The highest BCUT2D eigenvalue weighted by Gasteiger charge is 2.31. The molecule has 1 aliphatic heterocycles. The number of halogens is 1. The van der Waals surface area contributed by atoms with Gasteiger partial charge in [0.2, 0.25) is 0 Å². The summed E-state index contributed by atoms with van der Waals surface area (Å²) in [7, 11) is 1.68. The zero-order valence-electron chi connectivity index (χ0n) is 18.3. The molecule has 0 amide bonds. The van der Waals surface area contributed by atoms with E-state index in [2.05, 4.69) is 51.3 Å². The van der Waals surface area contributed by atoms with Gasteiger partial charge in [0.05, 0.1) is 19.7 Å². The van der Waals surface area contributed by atoms with Crippen molar-refractivity contribution in [3.05, 3.63) is 65.7 Å². The number of nitrogens with zero attached hydrogens (tertiary/aromatic N) is 6. The third-order valence-electron chi connectivity index (χ3n) is 5.85. The lowest BCUT2D eigenvalue weighted by Crippen LogP contribution is -2.49. The van der Waals surface area contributed by atoms with Crippen molar-refractivity contribution in [2.45, 2.75) is 26.4 Å². The van der Waals surface area contributed by atoms with Crippen LogP contribution in [0.2, 0.25) is 0 Å². The van der Waals surface area contributed by atoms with Crippen LogP contribution in [-0.2, 0) is 6.54 Å². The normalized spacial score (nSPS) is 16.0. The summed E-state index contributed by atoms with van der Waals surface area (Å²) in [5.41, 5.74) is 2.18. The maximum Gasteiger partial charge on any atom is 0.169 e. The summed E-state index contributed by atoms with van der Waals surface area (Å²) < 4.78 is 20.4. The molecule has 0 aliphatic carbocycles. The van der Waals surface area contributed by atoms with Gasteiger partial charge in [-0.3, -0.25) is 4.90 Å². The number of methoxy groups -OCH3 is 1. The molecule has 0 N–H and O–H groups in total. The number of hydrogen-bond acceptors (Lipinski definition) is 6. The first-order valence-electron chi connectivity index (χ1n) is 10.7. The van der Waals surface area contributed by atoms with Crippen LogP contribution in [-0.4, -0.2) is 58.4 Å². The smallest absolute Gasteiger partial charge is 0.169 e. The van der Waals surface area contributed by atoms with Crippen LogP contribution in [0, 0.1) is 11.7 Å². The molecular formula is C23H29FN6O. The van der Waals surface area contributed by atoms with Crippen LogP contribution in [0.1, 0.15) is 31.3 Å². The number of hydrogen-bond donors (Lipinski definition) is 0. The lowest BCUT2D eigenvalue weighted by molar-refractivity contribution is 0.135. The molecule has 8 heteroatoms. The van der Waals surface area contributed by atoms with Crippen molar-refractivity contribution >= 4 is 5.69 Å². The van der Waals surface area contributed by atoms with Crippen molar-refractivity contribution in [3.63, 3.8) is 0 Å². The molecule has 2 aromatic carbocycles. The summed E-state index contributed by atoms with van der Waals surface area (Å²) in [6.45, 7) is 8.67. The summed E-state index contributed by atoms with van der Waals surface area (Å²) >= 11 is 0. The van der Waals surface area contributed by atoms with Crippen LogP contribution in [0.25, 0.3) is 0 Å². The summed E-state index contributed by atoms with van der Waals surface area (Å²) in [4.78, 5) is 4.87. The first kappa shape index (κ1) is 21.2. The second kappa shape index (κ2) is 9.43. The third-order valence-corrected chi connectivity index (χ3v) is 5.85. The van der Waals surface area contributed by atoms with Gasteiger partial charge in [0.15, 0.2) is 5.82 Å². The van der Waals surface area contributed by atoms with E-state index in [-0.39, 0.29) is 11.9 Å². The van der Waals surface area contributed by atoms with Gasteiger partial charge >= 0.3 is 0 Å². The van der Waals surface area contributed by atoms with Crippen molar-refractivity contribution in [1.82, 2.24) is 25.1 Å². The predicted octanol–water partition coefficient (Wildman–Crippen LogP) is 3.39. The zero-order valence-corrected chi connectivity index (χ0v) is 18.3. The van der Waals surface area contributed by atoms with Gasteiger partial charge in [-0.1, -0.05) is 26.0 Å². The van der Waals surface area contributed by atoms with E-state index < -0.39 is 0 Å². The van der Waals surface area contributed by atoms with Crippen LogP contribution in [0.3, 0.4) is 0 Å². The van der Waals surface area contributed by atoms with Gasteiger partial charge in [0, 0.05) is 31.9 Å². The molecule has 1 fully saturated rings. The number of rotatable bonds is 7. The van der Waals surface area contributed by atoms with E-state index in [1.54, 1.807) is 19.2 Å². The van der Waals surface area contributed by atoms with E-state index in [0.717, 1.165) is 43.3 Å². The van der Waals surface area contributed by atoms with E-state index in [1.807, 2.05) is 16.8 Å². The van der Waals surface area contributed by atoms with E-state index >= 15 is 0 Å². The van der Waals surface area contributed by atoms with E-state index in [1.165, 1.54) is 17.8 Å². The second-order valence-corrected chi connectivity index (χ2v) is 8.23. The Morgan fingerprint density at radius 2 is 1.65 bits per heavy atom. The van der Waals surface area contributed by atoms with Gasteiger partial charge in [-0.15, -0.1) is 5.10 Å². The summed E-state index contributed by atoms with van der Waals surface area (Å²) in [5.74, 6) is 1.84.